The lowest BCUT2D eigenvalue weighted by Crippen LogP contribution is -2.48. The number of guanidine groups is 1. The topological polar surface area (TPSA) is 30.9 Å². The molecule has 1 spiro atoms. The van der Waals surface area contributed by atoms with E-state index in [2.05, 4.69) is 27.0 Å². The molecule has 4 nitrogen and oxygen atoms in total. The summed E-state index contributed by atoms with van der Waals surface area (Å²) in [5.41, 5.74) is 0.650. The number of rotatable bonds is 4. The van der Waals surface area contributed by atoms with E-state index in [1.165, 1.54) is 71.1 Å². The van der Waals surface area contributed by atoms with Crippen LogP contribution in [0, 0.1) is 5.41 Å². The molecule has 2 saturated heterocycles. The van der Waals surface area contributed by atoms with Gasteiger partial charge in [-0.25, -0.2) is 0 Å². The van der Waals surface area contributed by atoms with Crippen molar-refractivity contribution in [1.82, 2.24) is 15.1 Å². The Balaban J connectivity index is 1.50. The van der Waals surface area contributed by atoms with Gasteiger partial charge in [0.25, 0.3) is 0 Å². The Morgan fingerprint density at radius 1 is 1.14 bits per heavy atom. The molecule has 0 amide bonds. The first-order chi connectivity index (χ1) is 10.3. The van der Waals surface area contributed by atoms with Gasteiger partial charge in [0.1, 0.15) is 0 Å². The maximum Gasteiger partial charge on any atom is 0.193 e. The molecular weight excluding hydrogens is 260 g/mol. The van der Waals surface area contributed by atoms with Crippen LogP contribution in [0.2, 0.25) is 0 Å². The van der Waals surface area contributed by atoms with Gasteiger partial charge in [0.15, 0.2) is 5.96 Å². The predicted octanol–water partition coefficient (Wildman–Crippen LogP) is 2.31. The van der Waals surface area contributed by atoms with Gasteiger partial charge in [0, 0.05) is 32.7 Å². The van der Waals surface area contributed by atoms with Crippen molar-refractivity contribution in [2.45, 2.75) is 57.9 Å². The molecule has 0 bridgehead atoms. The highest BCUT2D eigenvalue weighted by molar-refractivity contribution is 5.80. The van der Waals surface area contributed by atoms with Gasteiger partial charge >= 0.3 is 0 Å². The molecule has 120 valence electrons. The van der Waals surface area contributed by atoms with E-state index >= 15 is 0 Å². The van der Waals surface area contributed by atoms with Crippen LogP contribution in [0.3, 0.4) is 0 Å². The Morgan fingerprint density at radius 3 is 2.43 bits per heavy atom. The normalized spacial score (nSPS) is 27.1. The minimum absolute atomic E-state index is 0.650. The molecule has 0 aromatic heterocycles. The van der Waals surface area contributed by atoms with Gasteiger partial charge < -0.3 is 10.2 Å². The first-order valence-corrected chi connectivity index (χ1v) is 8.96. The van der Waals surface area contributed by atoms with Crippen LogP contribution in [0.4, 0.5) is 0 Å². The summed E-state index contributed by atoms with van der Waals surface area (Å²) >= 11 is 0. The fraction of sp³-hybridized carbons (Fsp3) is 0.941. The number of nitrogens with one attached hydrogen (secondary N) is 1. The lowest BCUT2D eigenvalue weighted by Gasteiger charge is -2.38. The smallest absolute Gasteiger partial charge is 0.193 e. The number of likely N-dealkylation sites (tertiary alicyclic amines) is 2. The Kier molecular flexibility index (Phi) is 4.72. The van der Waals surface area contributed by atoms with E-state index in [1.807, 2.05) is 7.05 Å². The van der Waals surface area contributed by atoms with Crippen molar-refractivity contribution in [3.8, 4) is 0 Å². The molecule has 1 atom stereocenters. The lowest BCUT2D eigenvalue weighted by molar-refractivity contribution is 0.151. The maximum absolute atomic E-state index is 4.54. The van der Waals surface area contributed by atoms with Crippen molar-refractivity contribution in [3.63, 3.8) is 0 Å². The summed E-state index contributed by atoms with van der Waals surface area (Å²) < 4.78 is 0. The summed E-state index contributed by atoms with van der Waals surface area (Å²) in [7, 11) is 1.94. The number of nitrogens with zero attached hydrogens (tertiary/aromatic N) is 3. The summed E-state index contributed by atoms with van der Waals surface area (Å²) in [6, 6.07) is 0.671. The molecular formula is C17H32N4. The zero-order valence-electron chi connectivity index (χ0n) is 13.9. The standard InChI is InChI=1S/C17H32N4/c1-3-15(20-10-4-5-11-20)13-19-16(18-2)21-12-9-17(14-21)7-6-8-17/h15H,3-14H2,1-2H3,(H,18,19). The summed E-state index contributed by atoms with van der Waals surface area (Å²) in [4.78, 5) is 9.69. The SMILES string of the molecule is CCC(CNC(=NC)N1CCC2(CCC2)C1)N1CCCC1. The zero-order valence-corrected chi connectivity index (χ0v) is 13.9. The monoisotopic (exact) mass is 292 g/mol. The largest absolute Gasteiger partial charge is 0.355 e. The van der Waals surface area contributed by atoms with E-state index in [-0.39, 0.29) is 0 Å². The van der Waals surface area contributed by atoms with Crippen LogP contribution in [0.25, 0.3) is 0 Å². The third-order valence-corrected chi connectivity index (χ3v) is 5.99. The van der Waals surface area contributed by atoms with Gasteiger partial charge in [-0.05, 0) is 57.0 Å². The van der Waals surface area contributed by atoms with Crippen molar-refractivity contribution in [2.75, 3.05) is 39.8 Å². The minimum atomic E-state index is 0.650. The molecule has 1 aliphatic carbocycles. The molecule has 2 heterocycles. The Hall–Kier alpha value is -0.770. The van der Waals surface area contributed by atoms with E-state index in [0.29, 0.717) is 11.5 Å². The highest BCUT2D eigenvalue weighted by Crippen LogP contribution is 2.47. The Bertz CT molecular complexity index is 369. The van der Waals surface area contributed by atoms with Gasteiger partial charge in [-0.15, -0.1) is 0 Å². The average Bonchev–Trinajstić information content (AvgIpc) is 3.12. The molecule has 0 aromatic rings. The van der Waals surface area contributed by atoms with Crippen LogP contribution in [0.5, 0.6) is 0 Å². The second-order valence-corrected chi connectivity index (χ2v) is 7.26. The van der Waals surface area contributed by atoms with Crippen LogP contribution in [-0.2, 0) is 0 Å². The molecule has 0 radical (unpaired) electrons. The average molecular weight is 292 g/mol. The highest BCUT2D eigenvalue weighted by Gasteiger charge is 2.43. The third kappa shape index (κ3) is 3.20. The van der Waals surface area contributed by atoms with E-state index < -0.39 is 0 Å². The van der Waals surface area contributed by atoms with Gasteiger partial charge in [-0.3, -0.25) is 9.89 Å². The molecule has 3 fully saturated rings. The zero-order chi connectivity index (χ0) is 14.7. The van der Waals surface area contributed by atoms with Crippen molar-refractivity contribution < 1.29 is 0 Å². The lowest BCUT2D eigenvalue weighted by atomic mass is 9.68. The van der Waals surface area contributed by atoms with Gasteiger partial charge in [0.2, 0.25) is 0 Å². The van der Waals surface area contributed by atoms with E-state index in [0.717, 1.165) is 12.5 Å². The second kappa shape index (κ2) is 6.55. The molecule has 1 N–H and O–H groups in total. The number of hydrogen-bond donors (Lipinski definition) is 1. The molecule has 2 aliphatic heterocycles. The van der Waals surface area contributed by atoms with Crippen LogP contribution in [0.15, 0.2) is 4.99 Å². The van der Waals surface area contributed by atoms with Crippen LogP contribution < -0.4 is 5.32 Å². The van der Waals surface area contributed by atoms with Crippen molar-refractivity contribution in [1.29, 1.82) is 0 Å². The van der Waals surface area contributed by atoms with Crippen LogP contribution >= 0.6 is 0 Å². The summed E-state index contributed by atoms with van der Waals surface area (Å²) in [6.45, 7) is 8.35. The first kappa shape index (κ1) is 15.1. The van der Waals surface area contributed by atoms with Crippen LogP contribution in [0.1, 0.15) is 51.9 Å². The molecule has 21 heavy (non-hydrogen) atoms. The predicted molar refractivity (Wildman–Crippen MR) is 88.7 cm³/mol. The van der Waals surface area contributed by atoms with Crippen molar-refractivity contribution >= 4 is 5.96 Å². The Labute approximate surface area is 130 Å². The first-order valence-electron chi connectivity index (χ1n) is 8.96. The molecule has 1 unspecified atom stereocenters. The quantitative estimate of drug-likeness (QED) is 0.637. The Morgan fingerprint density at radius 2 is 1.90 bits per heavy atom. The van der Waals surface area contributed by atoms with E-state index in [4.69, 9.17) is 0 Å². The van der Waals surface area contributed by atoms with Gasteiger partial charge in [0.05, 0.1) is 0 Å². The maximum atomic E-state index is 4.54. The fourth-order valence-corrected chi connectivity index (χ4v) is 4.38. The molecule has 3 aliphatic rings. The number of aliphatic imine (C=N–C) groups is 1. The molecule has 0 aromatic carbocycles. The van der Waals surface area contributed by atoms with Crippen molar-refractivity contribution in [2.24, 2.45) is 10.4 Å². The van der Waals surface area contributed by atoms with E-state index in [9.17, 15) is 0 Å². The summed E-state index contributed by atoms with van der Waals surface area (Å²) in [6.07, 6.45) is 9.66. The minimum Gasteiger partial charge on any atom is -0.355 e. The van der Waals surface area contributed by atoms with Crippen molar-refractivity contribution in [3.05, 3.63) is 0 Å². The van der Waals surface area contributed by atoms with Crippen LogP contribution in [-0.4, -0.2) is 61.6 Å². The number of hydrogen-bond acceptors (Lipinski definition) is 2. The highest BCUT2D eigenvalue weighted by atomic mass is 15.3. The molecule has 4 heteroatoms. The van der Waals surface area contributed by atoms with Gasteiger partial charge in [-0.2, -0.15) is 0 Å². The molecule has 1 saturated carbocycles. The second-order valence-electron chi connectivity index (χ2n) is 7.26. The summed E-state index contributed by atoms with van der Waals surface area (Å²) in [5, 5.41) is 3.66. The van der Waals surface area contributed by atoms with E-state index in [1.54, 1.807) is 0 Å². The fourth-order valence-electron chi connectivity index (χ4n) is 4.38. The molecule has 3 rings (SSSR count). The third-order valence-electron chi connectivity index (χ3n) is 5.99. The summed E-state index contributed by atoms with van der Waals surface area (Å²) in [5.74, 6) is 1.14. The van der Waals surface area contributed by atoms with Gasteiger partial charge in [-0.1, -0.05) is 13.3 Å².